The van der Waals surface area contributed by atoms with Gasteiger partial charge < -0.3 is 14.8 Å². The van der Waals surface area contributed by atoms with Gasteiger partial charge in [0.05, 0.1) is 20.1 Å². The van der Waals surface area contributed by atoms with E-state index in [1.54, 1.807) is 0 Å². The van der Waals surface area contributed by atoms with Crippen LogP contribution in [0.3, 0.4) is 0 Å². The van der Waals surface area contributed by atoms with Crippen molar-refractivity contribution >= 4 is 39.0 Å². The molecule has 3 rings (SSSR count). The van der Waals surface area contributed by atoms with Crippen molar-refractivity contribution in [2.45, 2.75) is 20.3 Å². The van der Waals surface area contributed by atoms with Crippen LogP contribution in [-0.2, 0) is 16.0 Å². The average Bonchev–Trinajstić information content (AvgIpc) is 3.01. The Balaban J connectivity index is 1.87. The molecule has 2 aromatic carbocycles. The summed E-state index contributed by atoms with van der Waals surface area (Å²) < 4.78 is 11.4. The van der Waals surface area contributed by atoms with Crippen LogP contribution in [0.15, 0.2) is 42.5 Å². The standard InChI is InChI=1S/C21H21NO4S/c1-4-26-19-16-12-15(9-10-17(16)27-20(19)21(24)25-3)22-18(23)11-14-8-6-5-7-13(14)2/h5-10,12H,4,11H2,1-3H3,(H,22,23). The van der Waals surface area contributed by atoms with Gasteiger partial charge in [0.1, 0.15) is 0 Å². The molecule has 1 heterocycles. The lowest BCUT2D eigenvalue weighted by atomic mass is 10.1. The molecule has 1 aromatic heterocycles. The summed E-state index contributed by atoms with van der Waals surface area (Å²) in [7, 11) is 1.35. The van der Waals surface area contributed by atoms with Gasteiger partial charge in [-0.3, -0.25) is 4.79 Å². The van der Waals surface area contributed by atoms with Crippen LogP contribution in [0.5, 0.6) is 5.75 Å². The Morgan fingerprint density at radius 2 is 1.93 bits per heavy atom. The Kier molecular flexibility index (Phi) is 5.76. The zero-order valence-electron chi connectivity index (χ0n) is 15.5. The summed E-state index contributed by atoms with van der Waals surface area (Å²) >= 11 is 1.32. The molecule has 5 nitrogen and oxygen atoms in total. The van der Waals surface area contributed by atoms with Gasteiger partial charge in [-0.05, 0) is 43.2 Å². The second-order valence-corrected chi connectivity index (χ2v) is 7.10. The molecule has 0 fully saturated rings. The van der Waals surface area contributed by atoms with E-state index in [0.717, 1.165) is 21.2 Å². The van der Waals surface area contributed by atoms with Crippen molar-refractivity contribution in [3.05, 3.63) is 58.5 Å². The topological polar surface area (TPSA) is 64.6 Å². The van der Waals surface area contributed by atoms with Crippen molar-refractivity contribution in [2.24, 2.45) is 0 Å². The quantitative estimate of drug-likeness (QED) is 0.633. The molecule has 140 valence electrons. The number of amides is 1. The van der Waals surface area contributed by atoms with E-state index >= 15 is 0 Å². The molecule has 1 amide bonds. The van der Waals surface area contributed by atoms with Gasteiger partial charge >= 0.3 is 5.97 Å². The minimum Gasteiger partial charge on any atom is -0.491 e. The van der Waals surface area contributed by atoms with Gasteiger partial charge in [0.25, 0.3) is 0 Å². The summed E-state index contributed by atoms with van der Waals surface area (Å²) in [5.74, 6) is -0.0193. The van der Waals surface area contributed by atoms with Gasteiger partial charge in [0, 0.05) is 15.8 Å². The van der Waals surface area contributed by atoms with E-state index in [1.807, 2.05) is 56.3 Å². The number of aryl methyl sites for hydroxylation is 1. The molecule has 0 unspecified atom stereocenters. The Labute approximate surface area is 161 Å². The molecule has 0 bridgehead atoms. The van der Waals surface area contributed by atoms with E-state index < -0.39 is 5.97 Å². The summed E-state index contributed by atoms with van der Waals surface area (Å²) in [6.45, 7) is 4.28. The number of thiophene rings is 1. The molecule has 0 aliphatic carbocycles. The normalized spacial score (nSPS) is 10.6. The number of esters is 1. The molecule has 1 N–H and O–H groups in total. The number of ether oxygens (including phenoxy) is 2. The lowest BCUT2D eigenvalue weighted by molar-refractivity contribution is -0.115. The van der Waals surface area contributed by atoms with Crippen molar-refractivity contribution < 1.29 is 19.1 Å². The molecular formula is C21H21NO4S. The fourth-order valence-electron chi connectivity index (χ4n) is 2.85. The molecule has 0 aliphatic heterocycles. The highest BCUT2D eigenvalue weighted by Crippen LogP contribution is 2.39. The monoisotopic (exact) mass is 383 g/mol. The molecule has 6 heteroatoms. The summed E-state index contributed by atoms with van der Waals surface area (Å²) in [5, 5.41) is 3.71. The fraction of sp³-hybridized carbons (Fsp3) is 0.238. The van der Waals surface area contributed by atoms with Gasteiger partial charge in [-0.2, -0.15) is 0 Å². The van der Waals surface area contributed by atoms with Crippen molar-refractivity contribution in [1.82, 2.24) is 0 Å². The van der Waals surface area contributed by atoms with Gasteiger partial charge in [-0.1, -0.05) is 24.3 Å². The lowest BCUT2D eigenvalue weighted by Gasteiger charge is -2.08. The first-order chi connectivity index (χ1) is 13.0. The van der Waals surface area contributed by atoms with Crippen molar-refractivity contribution in [1.29, 1.82) is 0 Å². The number of hydrogen-bond acceptors (Lipinski definition) is 5. The maximum atomic E-state index is 12.4. The average molecular weight is 383 g/mol. The molecule has 27 heavy (non-hydrogen) atoms. The Morgan fingerprint density at radius 1 is 1.15 bits per heavy atom. The number of hydrogen-bond donors (Lipinski definition) is 1. The number of nitrogens with one attached hydrogen (secondary N) is 1. The van der Waals surface area contributed by atoms with E-state index in [0.29, 0.717) is 29.3 Å². The maximum absolute atomic E-state index is 12.4. The van der Waals surface area contributed by atoms with Crippen LogP contribution in [-0.4, -0.2) is 25.6 Å². The van der Waals surface area contributed by atoms with Crippen molar-refractivity contribution in [2.75, 3.05) is 19.0 Å². The van der Waals surface area contributed by atoms with Gasteiger partial charge in [-0.15, -0.1) is 11.3 Å². The second-order valence-electron chi connectivity index (χ2n) is 6.05. The first kappa shape index (κ1) is 18.9. The summed E-state index contributed by atoms with van der Waals surface area (Å²) in [5.41, 5.74) is 2.74. The van der Waals surface area contributed by atoms with Crippen LogP contribution in [0, 0.1) is 6.92 Å². The first-order valence-electron chi connectivity index (χ1n) is 8.65. The SMILES string of the molecule is CCOc1c(C(=O)OC)sc2ccc(NC(=O)Cc3ccccc3C)cc12. The predicted octanol–water partition coefficient (Wildman–Crippen LogP) is 4.58. The van der Waals surface area contributed by atoms with Crippen LogP contribution in [0.2, 0.25) is 0 Å². The van der Waals surface area contributed by atoms with Crippen LogP contribution >= 0.6 is 11.3 Å². The molecule has 0 aliphatic rings. The van der Waals surface area contributed by atoms with Crippen LogP contribution < -0.4 is 10.1 Å². The molecule has 0 saturated carbocycles. The highest BCUT2D eigenvalue weighted by atomic mass is 32.1. The maximum Gasteiger partial charge on any atom is 0.351 e. The number of fused-ring (bicyclic) bond motifs is 1. The number of carbonyl (C=O) groups is 2. The number of carbonyl (C=O) groups excluding carboxylic acids is 2. The molecule has 0 radical (unpaired) electrons. The zero-order valence-corrected chi connectivity index (χ0v) is 16.3. The summed E-state index contributed by atoms with van der Waals surface area (Å²) in [6, 6.07) is 13.4. The van der Waals surface area contributed by atoms with E-state index in [-0.39, 0.29) is 5.91 Å². The second kappa shape index (κ2) is 8.22. The van der Waals surface area contributed by atoms with E-state index in [9.17, 15) is 9.59 Å². The van der Waals surface area contributed by atoms with E-state index in [4.69, 9.17) is 9.47 Å². The molecule has 0 saturated heterocycles. The van der Waals surface area contributed by atoms with Gasteiger partial charge in [0.15, 0.2) is 10.6 Å². The number of methoxy groups -OCH3 is 1. The predicted molar refractivity (Wildman–Crippen MR) is 108 cm³/mol. The first-order valence-corrected chi connectivity index (χ1v) is 9.47. The minimum absolute atomic E-state index is 0.0926. The molecule has 0 spiro atoms. The number of rotatable bonds is 6. The van der Waals surface area contributed by atoms with Crippen LogP contribution in [0.25, 0.3) is 10.1 Å². The van der Waals surface area contributed by atoms with Gasteiger partial charge in [-0.25, -0.2) is 4.79 Å². The van der Waals surface area contributed by atoms with E-state index in [1.165, 1.54) is 18.4 Å². The number of benzene rings is 2. The highest BCUT2D eigenvalue weighted by molar-refractivity contribution is 7.21. The Morgan fingerprint density at radius 3 is 2.63 bits per heavy atom. The third-order valence-corrected chi connectivity index (χ3v) is 5.33. The lowest BCUT2D eigenvalue weighted by Crippen LogP contribution is -2.14. The summed E-state index contributed by atoms with van der Waals surface area (Å²) in [6.07, 6.45) is 0.306. The minimum atomic E-state index is -0.426. The Hall–Kier alpha value is -2.86. The fourth-order valence-corrected chi connectivity index (χ4v) is 3.90. The smallest absolute Gasteiger partial charge is 0.351 e. The third kappa shape index (κ3) is 4.11. The number of anilines is 1. The largest absolute Gasteiger partial charge is 0.491 e. The summed E-state index contributed by atoms with van der Waals surface area (Å²) in [4.78, 5) is 24.9. The Bertz CT molecular complexity index is 993. The molecule has 3 aromatic rings. The third-order valence-electron chi connectivity index (χ3n) is 4.20. The van der Waals surface area contributed by atoms with Crippen LogP contribution in [0.4, 0.5) is 5.69 Å². The zero-order chi connectivity index (χ0) is 19.4. The molecule has 0 atom stereocenters. The van der Waals surface area contributed by atoms with Crippen molar-refractivity contribution in [3.8, 4) is 5.75 Å². The van der Waals surface area contributed by atoms with Crippen molar-refractivity contribution in [3.63, 3.8) is 0 Å². The van der Waals surface area contributed by atoms with Crippen LogP contribution in [0.1, 0.15) is 27.7 Å². The highest BCUT2D eigenvalue weighted by Gasteiger charge is 2.21. The molecular weight excluding hydrogens is 362 g/mol. The van der Waals surface area contributed by atoms with Gasteiger partial charge in [0.2, 0.25) is 5.91 Å². The van der Waals surface area contributed by atoms with E-state index in [2.05, 4.69) is 5.32 Å².